The second-order valence-corrected chi connectivity index (χ2v) is 5.58. The number of carboxylic acids is 1. The SMILES string of the molecule is CCn1cc(C2C(C(=O)O)OCC(=O)N2CC(C)C)cn1. The molecule has 116 valence electrons. The van der Waals surface area contributed by atoms with Gasteiger partial charge in [0.2, 0.25) is 5.91 Å². The lowest BCUT2D eigenvalue weighted by molar-refractivity contribution is -0.173. The number of aliphatic carboxylic acids is 1. The highest BCUT2D eigenvalue weighted by atomic mass is 16.5. The predicted octanol–water partition coefficient (Wildman–Crippen LogP) is 0.912. The van der Waals surface area contributed by atoms with Gasteiger partial charge in [-0.25, -0.2) is 4.79 Å². The van der Waals surface area contributed by atoms with Gasteiger partial charge in [-0.05, 0) is 12.8 Å². The van der Waals surface area contributed by atoms with Crippen molar-refractivity contribution >= 4 is 11.9 Å². The van der Waals surface area contributed by atoms with Gasteiger partial charge in [-0.15, -0.1) is 0 Å². The number of hydrogen-bond donors (Lipinski definition) is 1. The van der Waals surface area contributed by atoms with E-state index in [0.717, 1.165) is 0 Å². The van der Waals surface area contributed by atoms with Crippen molar-refractivity contribution in [3.63, 3.8) is 0 Å². The van der Waals surface area contributed by atoms with Crippen LogP contribution < -0.4 is 0 Å². The number of ether oxygens (including phenoxy) is 1. The minimum Gasteiger partial charge on any atom is -0.479 e. The molecule has 1 aliphatic rings. The van der Waals surface area contributed by atoms with Crippen molar-refractivity contribution in [1.82, 2.24) is 14.7 Å². The van der Waals surface area contributed by atoms with E-state index in [0.29, 0.717) is 18.7 Å². The predicted molar refractivity (Wildman–Crippen MR) is 74.6 cm³/mol. The molecule has 0 bridgehead atoms. The molecular weight excluding hydrogens is 274 g/mol. The molecule has 2 unspecified atom stereocenters. The van der Waals surface area contributed by atoms with Gasteiger partial charge in [0.05, 0.1) is 12.2 Å². The first-order valence-corrected chi connectivity index (χ1v) is 7.10. The number of morpholine rings is 1. The maximum Gasteiger partial charge on any atom is 0.335 e. The molecule has 1 saturated heterocycles. The number of carboxylic acid groups (broad SMARTS) is 1. The third-order valence-corrected chi connectivity index (χ3v) is 3.45. The third kappa shape index (κ3) is 3.24. The number of aromatic nitrogens is 2. The van der Waals surface area contributed by atoms with Gasteiger partial charge in [0.15, 0.2) is 6.10 Å². The summed E-state index contributed by atoms with van der Waals surface area (Å²) >= 11 is 0. The largest absolute Gasteiger partial charge is 0.479 e. The van der Waals surface area contributed by atoms with E-state index in [2.05, 4.69) is 5.10 Å². The van der Waals surface area contributed by atoms with Crippen molar-refractivity contribution in [3.05, 3.63) is 18.0 Å². The van der Waals surface area contributed by atoms with Crippen LogP contribution in [0.1, 0.15) is 32.4 Å². The molecular formula is C14H21N3O4. The van der Waals surface area contributed by atoms with Crippen LogP contribution in [0.3, 0.4) is 0 Å². The molecule has 0 radical (unpaired) electrons. The molecule has 0 saturated carbocycles. The summed E-state index contributed by atoms with van der Waals surface area (Å²) in [6.45, 7) is 6.91. The molecule has 1 aromatic heterocycles. The van der Waals surface area contributed by atoms with Gasteiger partial charge in [-0.3, -0.25) is 9.48 Å². The third-order valence-electron chi connectivity index (χ3n) is 3.45. The number of carbonyl (C=O) groups is 2. The van der Waals surface area contributed by atoms with E-state index in [-0.39, 0.29) is 18.4 Å². The Bertz CT molecular complexity index is 526. The monoisotopic (exact) mass is 295 g/mol. The van der Waals surface area contributed by atoms with Gasteiger partial charge in [-0.2, -0.15) is 5.10 Å². The molecule has 1 N–H and O–H groups in total. The fourth-order valence-electron chi connectivity index (χ4n) is 2.53. The summed E-state index contributed by atoms with van der Waals surface area (Å²) in [5.41, 5.74) is 0.693. The standard InChI is InChI=1S/C14H21N3O4/c1-4-16-7-10(5-15-16)12-13(14(19)20)21-8-11(18)17(12)6-9(2)3/h5,7,9,12-13H,4,6,8H2,1-3H3,(H,19,20). The van der Waals surface area contributed by atoms with Crippen LogP contribution in [0.2, 0.25) is 0 Å². The zero-order valence-corrected chi connectivity index (χ0v) is 12.5. The topological polar surface area (TPSA) is 84.7 Å². The van der Waals surface area contributed by atoms with Crippen LogP contribution in [0.25, 0.3) is 0 Å². The Labute approximate surface area is 123 Å². The Morgan fingerprint density at radius 2 is 2.29 bits per heavy atom. The molecule has 0 spiro atoms. The fraction of sp³-hybridized carbons (Fsp3) is 0.643. The summed E-state index contributed by atoms with van der Waals surface area (Å²) in [6, 6.07) is -0.633. The van der Waals surface area contributed by atoms with Gasteiger partial charge < -0.3 is 14.7 Å². The molecule has 2 heterocycles. The summed E-state index contributed by atoms with van der Waals surface area (Å²) in [5, 5.41) is 13.6. The summed E-state index contributed by atoms with van der Waals surface area (Å²) in [7, 11) is 0. The van der Waals surface area contributed by atoms with Gasteiger partial charge in [0.25, 0.3) is 0 Å². The number of hydrogen-bond acceptors (Lipinski definition) is 4. The molecule has 1 amide bonds. The molecule has 0 aromatic carbocycles. The summed E-state index contributed by atoms with van der Waals surface area (Å²) in [4.78, 5) is 25.2. The van der Waals surface area contributed by atoms with Crippen molar-refractivity contribution in [2.75, 3.05) is 13.2 Å². The van der Waals surface area contributed by atoms with E-state index in [4.69, 9.17) is 4.74 Å². The first-order valence-electron chi connectivity index (χ1n) is 7.10. The van der Waals surface area contributed by atoms with E-state index in [9.17, 15) is 14.7 Å². The van der Waals surface area contributed by atoms with Gasteiger partial charge in [0.1, 0.15) is 6.61 Å². The van der Waals surface area contributed by atoms with E-state index in [1.165, 1.54) is 0 Å². The number of nitrogens with zero attached hydrogens (tertiary/aromatic N) is 3. The summed E-state index contributed by atoms with van der Waals surface area (Å²) < 4.78 is 6.95. The molecule has 1 fully saturated rings. The Balaban J connectivity index is 2.38. The summed E-state index contributed by atoms with van der Waals surface area (Å²) in [5.74, 6) is -1.01. The van der Waals surface area contributed by atoms with Crippen LogP contribution in [-0.2, 0) is 20.9 Å². The molecule has 2 atom stereocenters. The molecule has 7 nitrogen and oxygen atoms in total. The maximum atomic E-state index is 12.1. The smallest absolute Gasteiger partial charge is 0.335 e. The minimum absolute atomic E-state index is 0.185. The van der Waals surface area contributed by atoms with Crippen LogP contribution in [0.15, 0.2) is 12.4 Å². The summed E-state index contributed by atoms with van der Waals surface area (Å²) in [6.07, 6.45) is 2.32. The van der Waals surface area contributed by atoms with E-state index in [1.807, 2.05) is 20.8 Å². The second-order valence-electron chi connectivity index (χ2n) is 5.58. The van der Waals surface area contributed by atoms with E-state index in [1.54, 1.807) is 22.0 Å². The zero-order chi connectivity index (χ0) is 15.6. The number of rotatable bonds is 5. The number of carbonyl (C=O) groups excluding carboxylic acids is 1. The van der Waals surface area contributed by atoms with Gasteiger partial charge in [0, 0.05) is 24.8 Å². The van der Waals surface area contributed by atoms with E-state index < -0.39 is 18.1 Å². The van der Waals surface area contributed by atoms with Crippen molar-refractivity contribution < 1.29 is 19.4 Å². The van der Waals surface area contributed by atoms with Crippen LogP contribution >= 0.6 is 0 Å². The van der Waals surface area contributed by atoms with Crippen LogP contribution in [0.4, 0.5) is 0 Å². The molecule has 21 heavy (non-hydrogen) atoms. The average Bonchev–Trinajstić information content (AvgIpc) is 2.88. The van der Waals surface area contributed by atoms with Gasteiger partial charge >= 0.3 is 5.97 Å². The normalized spacial score (nSPS) is 22.9. The highest BCUT2D eigenvalue weighted by Gasteiger charge is 2.42. The maximum absolute atomic E-state index is 12.1. The lowest BCUT2D eigenvalue weighted by Gasteiger charge is -2.39. The van der Waals surface area contributed by atoms with E-state index >= 15 is 0 Å². The van der Waals surface area contributed by atoms with Crippen LogP contribution in [0, 0.1) is 5.92 Å². The number of amides is 1. The Kier molecular flexibility index (Phi) is 4.62. The van der Waals surface area contributed by atoms with Crippen LogP contribution in [0.5, 0.6) is 0 Å². The first kappa shape index (κ1) is 15.5. The Morgan fingerprint density at radius 3 is 2.81 bits per heavy atom. The molecule has 7 heteroatoms. The molecule has 1 aliphatic heterocycles. The highest BCUT2D eigenvalue weighted by Crippen LogP contribution is 2.31. The van der Waals surface area contributed by atoms with Crippen molar-refractivity contribution in [1.29, 1.82) is 0 Å². The quantitative estimate of drug-likeness (QED) is 0.873. The molecule has 1 aromatic rings. The molecule has 2 rings (SSSR count). The Morgan fingerprint density at radius 1 is 1.57 bits per heavy atom. The van der Waals surface area contributed by atoms with Crippen LogP contribution in [-0.4, -0.2) is 50.9 Å². The fourth-order valence-corrected chi connectivity index (χ4v) is 2.53. The molecule has 0 aliphatic carbocycles. The van der Waals surface area contributed by atoms with Gasteiger partial charge in [-0.1, -0.05) is 13.8 Å². The van der Waals surface area contributed by atoms with Crippen molar-refractivity contribution in [3.8, 4) is 0 Å². The number of aryl methyl sites for hydroxylation is 1. The highest BCUT2D eigenvalue weighted by molar-refractivity contribution is 5.82. The Hall–Kier alpha value is -1.89. The zero-order valence-electron chi connectivity index (χ0n) is 12.5. The lowest BCUT2D eigenvalue weighted by atomic mass is 9.99. The lowest BCUT2D eigenvalue weighted by Crippen LogP contribution is -2.52. The minimum atomic E-state index is -1.06. The van der Waals surface area contributed by atoms with Crippen molar-refractivity contribution in [2.45, 2.75) is 39.5 Å². The average molecular weight is 295 g/mol. The second kappa shape index (κ2) is 6.26. The van der Waals surface area contributed by atoms with Crippen molar-refractivity contribution in [2.24, 2.45) is 5.92 Å². The first-order chi connectivity index (χ1) is 9.93.